The maximum atomic E-state index is 5.49. The average Bonchev–Trinajstić information content (AvgIpc) is 2.25. The van der Waals surface area contributed by atoms with Crippen molar-refractivity contribution in [2.45, 2.75) is 6.92 Å². The molecule has 3 heteroatoms. The predicted molar refractivity (Wildman–Crippen MR) is 57.0 cm³/mol. The number of ether oxygens (including phenoxy) is 2. The molecular formula is C11H17NO2. The minimum atomic E-state index is 0.695. The molecule has 0 spiro atoms. The molecule has 14 heavy (non-hydrogen) atoms. The van der Waals surface area contributed by atoms with E-state index in [1.165, 1.54) is 0 Å². The number of nitrogens with one attached hydrogen (secondary N) is 1. The highest BCUT2D eigenvalue weighted by Gasteiger charge is 1.93. The summed E-state index contributed by atoms with van der Waals surface area (Å²) in [6, 6.07) is 7.60. The van der Waals surface area contributed by atoms with Gasteiger partial charge in [-0.2, -0.15) is 0 Å². The molecule has 1 rings (SSSR count). The molecule has 0 heterocycles. The number of likely N-dealkylation sites (N-methyl/N-ethyl adjacent to an activating group) is 1. The molecule has 0 unspecified atom stereocenters. The van der Waals surface area contributed by atoms with Crippen LogP contribution in [-0.4, -0.2) is 26.8 Å². The van der Waals surface area contributed by atoms with Gasteiger partial charge in [0.15, 0.2) is 0 Å². The van der Waals surface area contributed by atoms with Gasteiger partial charge in [-0.25, -0.2) is 0 Å². The van der Waals surface area contributed by atoms with Crippen LogP contribution in [0.25, 0.3) is 0 Å². The zero-order chi connectivity index (χ0) is 10.2. The zero-order valence-corrected chi connectivity index (χ0v) is 8.75. The van der Waals surface area contributed by atoms with Gasteiger partial charge >= 0.3 is 0 Å². The minimum Gasteiger partial charge on any atom is -0.497 e. The van der Waals surface area contributed by atoms with Crippen molar-refractivity contribution in [3.8, 4) is 11.5 Å². The Morgan fingerprint density at radius 2 is 1.79 bits per heavy atom. The van der Waals surface area contributed by atoms with Crippen LogP contribution in [0.15, 0.2) is 24.3 Å². The van der Waals surface area contributed by atoms with Crippen molar-refractivity contribution in [3.63, 3.8) is 0 Å². The van der Waals surface area contributed by atoms with E-state index in [0.29, 0.717) is 6.61 Å². The Balaban J connectivity index is 2.29. The second kappa shape index (κ2) is 6.27. The molecule has 0 bridgehead atoms. The van der Waals surface area contributed by atoms with E-state index < -0.39 is 0 Å². The number of rotatable bonds is 6. The van der Waals surface area contributed by atoms with Gasteiger partial charge in [0.05, 0.1) is 7.11 Å². The van der Waals surface area contributed by atoms with Gasteiger partial charge in [0.25, 0.3) is 0 Å². The summed E-state index contributed by atoms with van der Waals surface area (Å²) >= 11 is 0. The molecule has 0 atom stereocenters. The maximum Gasteiger partial charge on any atom is 0.119 e. The third-order valence-electron chi connectivity index (χ3n) is 1.86. The molecule has 0 aliphatic rings. The number of hydrogen-bond acceptors (Lipinski definition) is 3. The zero-order valence-electron chi connectivity index (χ0n) is 8.75. The molecule has 0 saturated heterocycles. The molecule has 0 saturated carbocycles. The largest absolute Gasteiger partial charge is 0.497 e. The van der Waals surface area contributed by atoms with Gasteiger partial charge in [-0.15, -0.1) is 0 Å². The monoisotopic (exact) mass is 195 g/mol. The van der Waals surface area contributed by atoms with E-state index >= 15 is 0 Å². The molecule has 1 aromatic rings. The smallest absolute Gasteiger partial charge is 0.119 e. The van der Waals surface area contributed by atoms with Crippen LogP contribution in [-0.2, 0) is 0 Å². The fourth-order valence-electron chi connectivity index (χ4n) is 1.09. The molecule has 0 aromatic heterocycles. The first kappa shape index (κ1) is 10.9. The van der Waals surface area contributed by atoms with Gasteiger partial charge in [0, 0.05) is 6.54 Å². The van der Waals surface area contributed by atoms with Crippen LogP contribution in [0, 0.1) is 0 Å². The van der Waals surface area contributed by atoms with Crippen LogP contribution < -0.4 is 14.8 Å². The van der Waals surface area contributed by atoms with Crippen LogP contribution in [0.5, 0.6) is 11.5 Å². The molecule has 0 amide bonds. The minimum absolute atomic E-state index is 0.695. The van der Waals surface area contributed by atoms with Crippen molar-refractivity contribution in [2.75, 3.05) is 26.8 Å². The van der Waals surface area contributed by atoms with E-state index in [2.05, 4.69) is 12.2 Å². The summed E-state index contributed by atoms with van der Waals surface area (Å²) in [5, 5.41) is 3.19. The second-order valence-electron chi connectivity index (χ2n) is 2.88. The Morgan fingerprint density at radius 1 is 1.14 bits per heavy atom. The summed E-state index contributed by atoms with van der Waals surface area (Å²) in [7, 11) is 1.65. The van der Waals surface area contributed by atoms with E-state index in [4.69, 9.17) is 9.47 Å². The summed E-state index contributed by atoms with van der Waals surface area (Å²) < 4.78 is 10.5. The van der Waals surface area contributed by atoms with Gasteiger partial charge < -0.3 is 14.8 Å². The van der Waals surface area contributed by atoms with Crippen LogP contribution >= 0.6 is 0 Å². The lowest BCUT2D eigenvalue weighted by Crippen LogP contribution is -2.20. The van der Waals surface area contributed by atoms with Crippen LogP contribution in [0.4, 0.5) is 0 Å². The Labute approximate surface area is 85.0 Å². The fraction of sp³-hybridized carbons (Fsp3) is 0.455. The van der Waals surface area contributed by atoms with Gasteiger partial charge in [-0.05, 0) is 30.8 Å². The molecule has 0 fully saturated rings. The van der Waals surface area contributed by atoms with Crippen molar-refractivity contribution in [1.82, 2.24) is 5.32 Å². The van der Waals surface area contributed by atoms with Crippen molar-refractivity contribution < 1.29 is 9.47 Å². The Bertz CT molecular complexity index is 246. The van der Waals surface area contributed by atoms with E-state index in [1.54, 1.807) is 7.11 Å². The average molecular weight is 195 g/mol. The molecule has 1 aromatic carbocycles. The topological polar surface area (TPSA) is 30.5 Å². The van der Waals surface area contributed by atoms with Gasteiger partial charge in [-0.3, -0.25) is 0 Å². The van der Waals surface area contributed by atoms with Crippen LogP contribution in [0.3, 0.4) is 0 Å². The van der Waals surface area contributed by atoms with Gasteiger partial charge in [0.2, 0.25) is 0 Å². The fourth-order valence-corrected chi connectivity index (χ4v) is 1.09. The highest BCUT2D eigenvalue weighted by atomic mass is 16.5. The van der Waals surface area contributed by atoms with Crippen molar-refractivity contribution in [3.05, 3.63) is 24.3 Å². The molecule has 1 N–H and O–H groups in total. The van der Waals surface area contributed by atoms with Crippen molar-refractivity contribution >= 4 is 0 Å². The summed E-state index contributed by atoms with van der Waals surface area (Å²) in [6.07, 6.45) is 0. The van der Waals surface area contributed by atoms with E-state index in [0.717, 1.165) is 24.6 Å². The summed E-state index contributed by atoms with van der Waals surface area (Å²) in [5.74, 6) is 1.73. The van der Waals surface area contributed by atoms with Gasteiger partial charge in [-0.1, -0.05) is 6.92 Å². The summed E-state index contributed by atoms with van der Waals surface area (Å²) in [4.78, 5) is 0. The normalized spacial score (nSPS) is 9.86. The second-order valence-corrected chi connectivity index (χ2v) is 2.88. The first-order valence-corrected chi connectivity index (χ1v) is 4.84. The number of hydrogen-bond donors (Lipinski definition) is 1. The third kappa shape index (κ3) is 3.66. The Hall–Kier alpha value is -1.22. The molecule has 3 nitrogen and oxygen atoms in total. The van der Waals surface area contributed by atoms with E-state index in [-0.39, 0.29) is 0 Å². The molecule has 0 aliphatic carbocycles. The van der Waals surface area contributed by atoms with Crippen LogP contribution in [0.1, 0.15) is 6.92 Å². The summed E-state index contributed by atoms with van der Waals surface area (Å²) in [6.45, 7) is 4.63. The lowest BCUT2D eigenvalue weighted by atomic mass is 10.3. The van der Waals surface area contributed by atoms with Crippen LogP contribution in [0.2, 0.25) is 0 Å². The third-order valence-corrected chi connectivity index (χ3v) is 1.86. The van der Waals surface area contributed by atoms with Crippen molar-refractivity contribution in [2.24, 2.45) is 0 Å². The van der Waals surface area contributed by atoms with E-state index in [1.807, 2.05) is 24.3 Å². The Morgan fingerprint density at radius 3 is 2.36 bits per heavy atom. The Kier molecular flexibility index (Phi) is 4.86. The first-order chi connectivity index (χ1) is 6.86. The highest BCUT2D eigenvalue weighted by molar-refractivity contribution is 5.31. The quantitative estimate of drug-likeness (QED) is 0.701. The molecular weight excluding hydrogens is 178 g/mol. The molecule has 78 valence electrons. The SMILES string of the molecule is CCNCCOc1ccc(OC)cc1. The lowest BCUT2D eigenvalue weighted by Gasteiger charge is -2.06. The van der Waals surface area contributed by atoms with Gasteiger partial charge in [0.1, 0.15) is 18.1 Å². The molecule has 0 aliphatic heterocycles. The molecule has 0 radical (unpaired) electrons. The maximum absolute atomic E-state index is 5.49. The number of methoxy groups -OCH3 is 1. The standard InChI is InChI=1S/C11H17NO2/c1-3-12-8-9-14-11-6-4-10(13-2)5-7-11/h4-7,12H,3,8-9H2,1-2H3. The van der Waals surface area contributed by atoms with E-state index in [9.17, 15) is 0 Å². The highest BCUT2D eigenvalue weighted by Crippen LogP contribution is 2.16. The summed E-state index contributed by atoms with van der Waals surface area (Å²) in [5.41, 5.74) is 0. The van der Waals surface area contributed by atoms with Crippen molar-refractivity contribution in [1.29, 1.82) is 0 Å². The first-order valence-electron chi connectivity index (χ1n) is 4.84. The number of benzene rings is 1. The predicted octanol–water partition coefficient (Wildman–Crippen LogP) is 1.68. The lowest BCUT2D eigenvalue weighted by molar-refractivity contribution is 0.314.